The van der Waals surface area contributed by atoms with E-state index in [1.807, 2.05) is 12.2 Å². The molecule has 0 aromatic carbocycles. The molecule has 0 aliphatic heterocycles. The van der Waals surface area contributed by atoms with Crippen molar-refractivity contribution in [3.8, 4) is 0 Å². The number of hydrogen-bond donors (Lipinski definition) is 0. The molecule has 4 aliphatic carbocycles. The SMILES string of the molecule is COC(=O)[C@@H]1[C@H]2C=C[C@@H]([C@@H]1C(=O)OC)[C@@H]1[C@H](C(=O)OC)[C@@H](C(=O)OC)[C@@H]21. The highest BCUT2D eigenvalue weighted by atomic mass is 16.5. The molecule has 142 valence electrons. The summed E-state index contributed by atoms with van der Waals surface area (Å²) in [6, 6.07) is 0. The van der Waals surface area contributed by atoms with Crippen LogP contribution in [-0.2, 0) is 38.1 Å². The molecule has 4 rings (SSSR count). The van der Waals surface area contributed by atoms with Gasteiger partial charge in [-0.1, -0.05) is 12.2 Å². The molecule has 0 heterocycles. The van der Waals surface area contributed by atoms with Crippen molar-refractivity contribution >= 4 is 23.9 Å². The van der Waals surface area contributed by atoms with Gasteiger partial charge in [0.25, 0.3) is 0 Å². The summed E-state index contributed by atoms with van der Waals surface area (Å²) in [5.41, 5.74) is 0. The quantitative estimate of drug-likeness (QED) is 0.395. The Kier molecular flexibility index (Phi) is 4.77. The van der Waals surface area contributed by atoms with E-state index in [2.05, 4.69) is 0 Å². The topological polar surface area (TPSA) is 105 Å². The van der Waals surface area contributed by atoms with Crippen LogP contribution in [0, 0.1) is 47.3 Å². The van der Waals surface area contributed by atoms with Gasteiger partial charge in [-0.15, -0.1) is 0 Å². The van der Waals surface area contributed by atoms with Crippen molar-refractivity contribution in [1.29, 1.82) is 0 Å². The minimum Gasteiger partial charge on any atom is -0.469 e. The summed E-state index contributed by atoms with van der Waals surface area (Å²) in [4.78, 5) is 49.4. The van der Waals surface area contributed by atoms with Gasteiger partial charge in [0.2, 0.25) is 0 Å². The van der Waals surface area contributed by atoms with Crippen molar-refractivity contribution in [3.05, 3.63) is 12.2 Å². The first kappa shape index (κ1) is 18.4. The van der Waals surface area contributed by atoms with Crippen molar-refractivity contribution in [2.45, 2.75) is 0 Å². The summed E-state index contributed by atoms with van der Waals surface area (Å²) in [6.45, 7) is 0. The van der Waals surface area contributed by atoms with E-state index in [9.17, 15) is 19.2 Å². The van der Waals surface area contributed by atoms with Crippen LogP contribution >= 0.6 is 0 Å². The Balaban J connectivity index is 2.05. The average molecular weight is 366 g/mol. The number of allylic oxidation sites excluding steroid dienone is 2. The second-order valence-corrected chi connectivity index (χ2v) is 6.89. The molecule has 0 unspecified atom stereocenters. The van der Waals surface area contributed by atoms with Gasteiger partial charge >= 0.3 is 23.9 Å². The number of ether oxygens (including phenoxy) is 4. The molecule has 4 aliphatic rings. The molecule has 0 amide bonds. The van der Waals surface area contributed by atoms with E-state index in [0.717, 1.165) is 0 Å². The zero-order chi connectivity index (χ0) is 19.2. The Bertz CT molecular complexity index is 612. The van der Waals surface area contributed by atoms with Crippen LogP contribution in [0.4, 0.5) is 0 Å². The molecule has 0 aromatic rings. The van der Waals surface area contributed by atoms with Gasteiger partial charge < -0.3 is 18.9 Å². The smallest absolute Gasteiger partial charge is 0.310 e. The normalized spacial score (nSPS) is 39.2. The van der Waals surface area contributed by atoms with Crippen molar-refractivity contribution in [2.75, 3.05) is 28.4 Å². The largest absolute Gasteiger partial charge is 0.469 e. The van der Waals surface area contributed by atoms with E-state index in [0.29, 0.717) is 0 Å². The second kappa shape index (κ2) is 6.74. The summed E-state index contributed by atoms with van der Waals surface area (Å²) in [7, 11) is 5.04. The molecule has 0 spiro atoms. The molecular formula is C18H22O8. The number of hydrogen-bond acceptors (Lipinski definition) is 8. The first-order valence-electron chi connectivity index (χ1n) is 8.42. The Labute approximate surface area is 150 Å². The maximum absolute atomic E-state index is 12.4. The van der Waals surface area contributed by atoms with E-state index in [-0.39, 0.29) is 11.8 Å². The number of carbonyl (C=O) groups excluding carboxylic acids is 4. The standard InChI is InChI=1S/C18H22O8/c1-23-15(19)11-7-5-6-8(12(11)16(20)24-2)10-9(7)13(17(21)25-3)14(10)18(22)26-4/h5-14H,1-4H3/t7-,8+,9-,10-,11+,12-,13-,14-/m0/s1. The Morgan fingerprint density at radius 3 is 1.08 bits per heavy atom. The van der Waals surface area contributed by atoms with Gasteiger partial charge in [0.05, 0.1) is 52.1 Å². The monoisotopic (exact) mass is 366 g/mol. The number of methoxy groups -OCH3 is 4. The van der Waals surface area contributed by atoms with E-state index in [1.54, 1.807) is 0 Å². The highest BCUT2D eigenvalue weighted by molar-refractivity contribution is 5.88. The molecule has 8 nitrogen and oxygen atoms in total. The summed E-state index contributed by atoms with van der Waals surface area (Å²) in [5.74, 6) is -6.39. The van der Waals surface area contributed by atoms with Crippen LogP contribution in [0.2, 0.25) is 0 Å². The first-order valence-corrected chi connectivity index (χ1v) is 8.42. The summed E-state index contributed by atoms with van der Waals surface area (Å²) < 4.78 is 19.6. The fourth-order valence-electron chi connectivity index (χ4n) is 5.27. The van der Waals surface area contributed by atoms with Crippen molar-refractivity contribution < 1.29 is 38.1 Å². The zero-order valence-electron chi connectivity index (χ0n) is 15.0. The number of fused-ring (bicyclic) bond motifs is 1. The van der Waals surface area contributed by atoms with Gasteiger partial charge in [0.15, 0.2) is 0 Å². The third-order valence-corrected chi connectivity index (χ3v) is 6.21. The molecule has 0 N–H and O–H groups in total. The first-order chi connectivity index (χ1) is 12.4. The van der Waals surface area contributed by atoms with Crippen molar-refractivity contribution in [2.24, 2.45) is 47.3 Å². The Hall–Kier alpha value is -2.38. The van der Waals surface area contributed by atoms with E-state index in [4.69, 9.17) is 18.9 Å². The zero-order valence-corrected chi connectivity index (χ0v) is 15.0. The van der Waals surface area contributed by atoms with Gasteiger partial charge in [-0.05, 0) is 23.7 Å². The summed E-state index contributed by atoms with van der Waals surface area (Å²) >= 11 is 0. The number of esters is 4. The second-order valence-electron chi connectivity index (χ2n) is 6.89. The molecule has 0 saturated heterocycles. The van der Waals surface area contributed by atoms with Gasteiger partial charge in [-0.25, -0.2) is 0 Å². The molecule has 2 saturated carbocycles. The Morgan fingerprint density at radius 2 is 0.808 bits per heavy atom. The maximum Gasteiger partial charge on any atom is 0.310 e. The van der Waals surface area contributed by atoms with Crippen molar-refractivity contribution in [3.63, 3.8) is 0 Å². The fourth-order valence-corrected chi connectivity index (χ4v) is 5.27. The summed E-state index contributed by atoms with van der Waals surface area (Å²) in [6.07, 6.45) is 3.69. The van der Waals surface area contributed by atoms with E-state index >= 15 is 0 Å². The van der Waals surface area contributed by atoms with Crippen LogP contribution in [0.3, 0.4) is 0 Å². The fraction of sp³-hybridized carbons (Fsp3) is 0.667. The number of carbonyl (C=O) groups is 4. The molecule has 8 atom stereocenters. The molecule has 2 bridgehead atoms. The molecule has 0 aromatic heterocycles. The lowest BCUT2D eigenvalue weighted by Gasteiger charge is -2.62. The van der Waals surface area contributed by atoms with Crippen LogP contribution < -0.4 is 0 Å². The summed E-state index contributed by atoms with van der Waals surface area (Å²) in [5, 5.41) is 0. The lowest BCUT2D eigenvalue weighted by atomic mass is 9.39. The minimum atomic E-state index is -0.755. The molecular weight excluding hydrogens is 344 g/mol. The number of rotatable bonds is 4. The highest BCUT2D eigenvalue weighted by Gasteiger charge is 2.70. The minimum absolute atomic E-state index is 0.286. The van der Waals surface area contributed by atoms with Gasteiger partial charge in [-0.2, -0.15) is 0 Å². The molecule has 26 heavy (non-hydrogen) atoms. The van der Waals surface area contributed by atoms with E-state index < -0.39 is 59.4 Å². The van der Waals surface area contributed by atoms with E-state index in [1.165, 1.54) is 28.4 Å². The van der Waals surface area contributed by atoms with Crippen LogP contribution in [0.5, 0.6) is 0 Å². The van der Waals surface area contributed by atoms with Gasteiger partial charge in [0, 0.05) is 0 Å². The Morgan fingerprint density at radius 1 is 0.538 bits per heavy atom. The molecule has 2 fully saturated rings. The van der Waals surface area contributed by atoms with Crippen LogP contribution in [0.15, 0.2) is 12.2 Å². The predicted octanol–water partition coefficient (Wildman–Crippen LogP) is 0.205. The van der Waals surface area contributed by atoms with Crippen LogP contribution in [0.1, 0.15) is 0 Å². The van der Waals surface area contributed by atoms with Crippen LogP contribution in [-0.4, -0.2) is 52.3 Å². The van der Waals surface area contributed by atoms with Crippen LogP contribution in [0.25, 0.3) is 0 Å². The average Bonchev–Trinajstić information content (AvgIpc) is 2.65. The van der Waals surface area contributed by atoms with Crippen molar-refractivity contribution in [1.82, 2.24) is 0 Å². The third-order valence-electron chi connectivity index (χ3n) is 6.21. The lowest BCUT2D eigenvalue weighted by molar-refractivity contribution is -0.209. The highest BCUT2D eigenvalue weighted by Crippen LogP contribution is 2.65. The maximum atomic E-state index is 12.4. The van der Waals surface area contributed by atoms with Gasteiger partial charge in [-0.3, -0.25) is 19.2 Å². The predicted molar refractivity (Wildman–Crippen MR) is 85.1 cm³/mol. The van der Waals surface area contributed by atoms with Gasteiger partial charge in [0.1, 0.15) is 0 Å². The third kappa shape index (κ3) is 2.34. The lowest BCUT2D eigenvalue weighted by Crippen LogP contribution is -2.67. The molecule has 0 radical (unpaired) electrons. The molecule has 8 heteroatoms.